The Bertz CT molecular complexity index is 739. The number of hydrogen-bond acceptors (Lipinski definition) is 6. The molecular formula is C22H28N2O5. The van der Waals surface area contributed by atoms with Crippen LogP contribution < -0.4 is 10.1 Å². The van der Waals surface area contributed by atoms with E-state index in [2.05, 4.69) is 10.5 Å². The Morgan fingerprint density at radius 2 is 1.69 bits per heavy atom. The Balaban J connectivity index is 1.16. The number of amides is 1. The number of oxime groups is 1. The van der Waals surface area contributed by atoms with Crippen LogP contribution in [-0.2, 0) is 19.2 Å². The molecule has 29 heavy (non-hydrogen) atoms. The van der Waals surface area contributed by atoms with Crippen molar-refractivity contribution in [1.29, 1.82) is 0 Å². The van der Waals surface area contributed by atoms with Crippen molar-refractivity contribution in [2.45, 2.75) is 44.1 Å². The third-order valence-corrected chi connectivity index (χ3v) is 6.38. The monoisotopic (exact) mass is 400 g/mol. The number of methoxy groups -OCH3 is 1. The molecule has 0 atom stereocenters. The Kier molecular flexibility index (Phi) is 5.74. The van der Waals surface area contributed by atoms with Crippen LogP contribution in [0.3, 0.4) is 0 Å². The van der Waals surface area contributed by atoms with E-state index in [9.17, 15) is 9.59 Å². The van der Waals surface area contributed by atoms with Crippen molar-refractivity contribution in [1.82, 2.24) is 5.32 Å². The van der Waals surface area contributed by atoms with Gasteiger partial charge in [0.1, 0.15) is 5.75 Å². The summed E-state index contributed by atoms with van der Waals surface area (Å²) in [6.07, 6.45) is 8.66. The number of carbonyl (C=O) groups is 2. The second-order valence-corrected chi connectivity index (χ2v) is 8.69. The van der Waals surface area contributed by atoms with Crippen LogP contribution in [0.5, 0.6) is 5.75 Å². The van der Waals surface area contributed by atoms with Gasteiger partial charge in [0.25, 0.3) is 5.91 Å². The molecule has 156 valence electrons. The molecule has 4 fully saturated rings. The lowest BCUT2D eigenvalue weighted by atomic mass is 9.53. The number of ether oxygens (including phenoxy) is 2. The van der Waals surface area contributed by atoms with E-state index < -0.39 is 5.97 Å². The van der Waals surface area contributed by atoms with E-state index in [-0.39, 0.29) is 24.7 Å². The first kappa shape index (κ1) is 19.7. The Hall–Kier alpha value is -2.57. The fourth-order valence-electron chi connectivity index (χ4n) is 5.66. The van der Waals surface area contributed by atoms with E-state index in [0.717, 1.165) is 48.3 Å². The highest BCUT2D eigenvalue weighted by Crippen LogP contribution is 2.55. The van der Waals surface area contributed by atoms with Crippen LogP contribution >= 0.6 is 0 Å². The molecule has 4 saturated carbocycles. The second-order valence-electron chi connectivity index (χ2n) is 8.69. The van der Waals surface area contributed by atoms with Gasteiger partial charge in [0.2, 0.25) is 6.61 Å². The van der Waals surface area contributed by atoms with Crippen molar-refractivity contribution in [3.05, 3.63) is 29.8 Å². The SMILES string of the molecule is COc1ccc(/C=N\OCC(=O)OCC(=O)NC23CC4CC(CC(C4)C2)C3)cc1. The number of carbonyl (C=O) groups excluding carboxylic acids is 2. The Morgan fingerprint density at radius 3 is 2.28 bits per heavy atom. The van der Waals surface area contributed by atoms with Crippen molar-refractivity contribution < 1.29 is 23.9 Å². The number of rotatable bonds is 8. The zero-order valence-electron chi connectivity index (χ0n) is 16.8. The van der Waals surface area contributed by atoms with Crippen molar-refractivity contribution in [3.8, 4) is 5.75 Å². The molecule has 7 nitrogen and oxygen atoms in total. The number of benzene rings is 1. The van der Waals surface area contributed by atoms with Crippen LogP contribution in [0.25, 0.3) is 0 Å². The van der Waals surface area contributed by atoms with Crippen LogP contribution in [0.2, 0.25) is 0 Å². The topological polar surface area (TPSA) is 86.2 Å². The first-order valence-corrected chi connectivity index (χ1v) is 10.3. The number of hydrogen-bond donors (Lipinski definition) is 1. The molecule has 1 N–H and O–H groups in total. The number of nitrogens with zero attached hydrogens (tertiary/aromatic N) is 1. The molecule has 1 aromatic rings. The Labute approximate surface area is 170 Å². The average Bonchev–Trinajstić information content (AvgIpc) is 2.69. The minimum Gasteiger partial charge on any atom is -0.497 e. The predicted molar refractivity (Wildman–Crippen MR) is 107 cm³/mol. The molecule has 0 saturated heterocycles. The third-order valence-electron chi connectivity index (χ3n) is 6.38. The first-order chi connectivity index (χ1) is 14.0. The van der Waals surface area contributed by atoms with Gasteiger partial charge >= 0.3 is 5.97 Å². The van der Waals surface area contributed by atoms with E-state index in [1.807, 2.05) is 12.1 Å². The zero-order chi connectivity index (χ0) is 20.3. The molecule has 1 amide bonds. The summed E-state index contributed by atoms with van der Waals surface area (Å²) in [4.78, 5) is 29.1. The van der Waals surface area contributed by atoms with Gasteiger partial charge in [-0.2, -0.15) is 0 Å². The summed E-state index contributed by atoms with van der Waals surface area (Å²) in [5.74, 6) is 2.17. The maximum absolute atomic E-state index is 12.3. The first-order valence-electron chi connectivity index (χ1n) is 10.3. The van der Waals surface area contributed by atoms with Gasteiger partial charge in [0, 0.05) is 5.54 Å². The molecule has 7 heteroatoms. The lowest BCUT2D eigenvalue weighted by Crippen LogP contribution is -2.60. The molecule has 0 radical (unpaired) electrons. The van der Waals surface area contributed by atoms with Crippen LogP contribution in [0.15, 0.2) is 29.4 Å². The molecule has 0 heterocycles. The molecule has 4 aliphatic rings. The number of esters is 1. The average molecular weight is 400 g/mol. The summed E-state index contributed by atoms with van der Waals surface area (Å²) in [6.45, 7) is -0.608. The summed E-state index contributed by atoms with van der Waals surface area (Å²) in [7, 11) is 1.60. The zero-order valence-corrected chi connectivity index (χ0v) is 16.8. The van der Waals surface area contributed by atoms with E-state index >= 15 is 0 Å². The highest BCUT2D eigenvalue weighted by molar-refractivity contribution is 5.82. The lowest BCUT2D eigenvalue weighted by Gasteiger charge is -2.56. The van der Waals surface area contributed by atoms with Gasteiger partial charge in [-0.3, -0.25) is 4.79 Å². The highest BCUT2D eigenvalue weighted by atomic mass is 16.7. The maximum atomic E-state index is 12.3. The smallest absolute Gasteiger partial charge is 0.347 e. The summed E-state index contributed by atoms with van der Waals surface area (Å²) < 4.78 is 10.1. The van der Waals surface area contributed by atoms with Crippen molar-refractivity contribution in [2.24, 2.45) is 22.9 Å². The maximum Gasteiger partial charge on any atom is 0.347 e. The van der Waals surface area contributed by atoms with Gasteiger partial charge < -0.3 is 19.6 Å². The van der Waals surface area contributed by atoms with Gasteiger partial charge in [-0.05, 0) is 86.1 Å². The van der Waals surface area contributed by atoms with E-state index in [4.69, 9.17) is 14.3 Å². The highest BCUT2D eigenvalue weighted by Gasteiger charge is 2.51. The summed E-state index contributed by atoms with van der Waals surface area (Å²) in [5.41, 5.74) is 0.742. The molecule has 0 spiro atoms. The van der Waals surface area contributed by atoms with Crippen LogP contribution in [-0.4, -0.2) is 44.0 Å². The van der Waals surface area contributed by atoms with Crippen molar-refractivity contribution in [2.75, 3.05) is 20.3 Å². The molecule has 5 rings (SSSR count). The number of nitrogens with one attached hydrogen (secondary N) is 1. The fourth-order valence-corrected chi connectivity index (χ4v) is 5.66. The lowest BCUT2D eigenvalue weighted by molar-refractivity contribution is -0.154. The molecule has 1 aromatic carbocycles. The minimum atomic E-state index is -0.613. The van der Waals surface area contributed by atoms with Crippen LogP contribution in [0.1, 0.15) is 44.1 Å². The van der Waals surface area contributed by atoms with Crippen molar-refractivity contribution >= 4 is 18.1 Å². The van der Waals surface area contributed by atoms with Crippen molar-refractivity contribution in [3.63, 3.8) is 0 Å². The van der Waals surface area contributed by atoms with Gasteiger partial charge in [0.15, 0.2) is 6.61 Å². The van der Waals surface area contributed by atoms with Crippen LogP contribution in [0, 0.1) is 17.8 Å². The van der Waals surface area contributed by atoms with Gasteiger partial charge in [-0.25, -0.2) is 4.79 Å². The van der Waals surface area contributed by atoms with Gasteiger partial charge in [-0.1, -0.05) is 5.16 Å². The standard InChI is InChI=1S/C22H28N2O5/c1-27-19-4-2-15(3-5-19)12-23-29-14-21(26)28-13-20(25)24-22-9-16-6-17(10-22)8-18(7-16)11-22/h2-5,12,16-18H,6-11,13-14H2,1H3,(H,24,25)/b23-12-. The quantitative estimate of drug-likeness (QED) is 0.412. The van der Waals surface area contributed by atoms with Crippen LogP contribution in [0.4, 0.5) is 0 Å². The van der Waals surface area contributed by atoms with Gasteiger partial charge in [0.05, 0.1) is 13.3 Å². The summed E-state index contributed by atoms with van der Waals surface area (Å²) in [6, 6.07) is 7.24. The van der Waals surface area contributed by atoms with Gasteiger partial charge in [-0.15, -0.1) is 0 Å². The minimum absolute atomic E-state index is 0.0720. The predicted octanol–water partition coefficient (Wildman–Crippen LogP) is 2.67. The Morgan fingerprint density at radius 1 is 1.07 bits per heavy atom. The molecular weight excluding hydrogens is 372 g/mol. The molecule has 4 bridgehead atoms. The largest absolute Gasteiger partial charge is 0.497 e. The normalized spacial score (nSPS) is 29.6. The summed E-state index contributed by atoms with van der Waals surface area (Å²) >= 11 is 0. The van der Waals surface area contributed by atoms with E-state index in [1.54, 1.807) is 19.2 Å². The third kappa shape index (κ3) is 4.89. The second kappa shape index (κ2) is 8.43. The molecule has 0 aromatic heterocycles. The molecule has 0 unspecified atom stereocenters. The fraction of sp³-hybridized carbons (Fsp3) is 0.591. The molecule has 4 aliphatic carbocycles. The molecule has 0 aliphatic heterocycles. The van der Waals surface area contributed by atoms with E-state index in [1.165, 1.54) is 25.5 Å². The van der Waals surface area contributed by atoms with E-state index in [0.29, 0.717) is 0 Å². The summed E-state index contributed by atoms with van der Waals surface area (Å²) in [5, 5.41) is 6.93.